The van der Waals surface area contributed by atoms with Gasteiger partial charge in [-0.15, -0.1) is 0 Å². The van der Waals surface area contributed by atoms with Crippen LogP contribution in [0, 0.1) is 5.92 Å². The topological polar surface area (TPSA) is 355 Å². The molecule has 2 unspecified atom stereocenters. The third-order valence-corrected chi connectivity index (χ3v) is 7.33. The van der Waals surface area contributed by atoms with E-state index in [2.05, 4.69) is 31.2 Å². The summed E-state index contributed by atoms with van der Waals surface area (Å²) in [6, 6.07) is -5.64. The number of aromatic amines is 1. The Hall–Kier alpha value is -4.50. The zero-order valence-electron chi connectivity index (χ0n) is 27.3. The number of amides is 4. The van der Waals surface area contributed by atoms with Crippen LogP contribution in [0.3, 0.4) is 0 Å². The van der Waals surface area contributed by atoms with E-state index < -0.39 is 96.7 Å². The van der Waals surface area contributed by atoms with Crippen LogP contribution in [-0.2, 0) is 40.0 Å². The summed E-state index contributed by atoms with van der Waals surface area (Å²) in [5.74, 6) is -7.95. The summed E-state index contributed by atoms with van der Waals surface area (Å²) in [4.78, 5) is 94.8. The number of nitrogens with one attached hydrogen (secondary N) is 5. The first-order chi connectivity index (χ1) is 23.0. The quantitative estimate of drug-likeness (QED) is 0.0345. The van der Waals surface area contributed by atoms with E-state index >= 15 is 0 Å². The van der Waals surface area contributed by atoms with E-state index in [1.807, 2.05) is 0 Å². The second kappa shape index (κ2) is 22.2. The van der Waals surface area contributed by atoms with Crippen molar-refractivity contribution in [3.8, 4) is 0 Å². The number of Topliss-reactive ketones (excluding diaryl/α,β-unsaturated/α-hetero) is 1. The van der Waals surface area contributed by atoms with Gasteiger partial charge in [-0.25, -0.2) is 9.78 Å². The number of hydrogen-bond acceptors (Lipinski definition) is 13. The Labute approximate surface area is 282 Å². The van der Waals surface area contributed by atoms with Gasteiger partial charge in [-0.2, -0.15) is 0 Å². The number of ketones is 1. The van der Waals surface area contributed by atoms with Gasteiger partial charge in [0, 0.05) is 37.6 Å². The lowest BCUT2D eigenvalue weighted by Crippen LogP contribution is -2.56. The van der Waals surface area contributed by atoms with Crippen LogP contribution in [0.5, 0.6) is 0 Å². The maximum Gasteiger partial charge on any atom is 0.326 e. The maximum absolute atomic E-state index is 13.7. The summed E-state index contributed by atoms with van der Waals surface area (Å²) in [6.07, 6.45) is -0.998. The molecule has 0 fully saturated rings. The summed E-state index contributed by atoms with van der Waals surface area (Å²) in [7, 11) is 0. The monoisotopic (exact) mass is 699 g/mol. The molecule has 0 saturated carbocycles. The highest BCUT2D eigenvalue weighted by Gasteiger charge is 2.33. The lowest BCUT2D eigenvalue weighted by molar-refractivity contribution is -0.147. The van der Waals surface area contributed by atoms with Crippen LogP contribution in [0.4, 0.5) is 0 Å². The molecule has 0 saturated heterocycles. The number of carboxylic acid groups (broad SMARTS) is 2. The Morgan fingerprint density at radius 3 is 1.78 bits per heavy atom. The van der Waals surface area contributed by atoms with Crippen molar-refractivity contribution in [1.82, 2.24) is 31.2 Å². The van der Waals surface area contributed by atoms with Gasteiger partial charge < -0.3 is 63.9 Å². The normalized spacial score (nSPS) is 15.4. The Morgan fingerprint density at radius 2 is 1.31 bits per heavy atom. The van der Waals surface area contributed by atoms with Gasteiger partial charge in [-0.1, -0.05) is 6.42 Å². The van der Waals surface area contributed by atoms with E-state index in [-0.39, 0.29) is 45.1 Å². The van der Waals surface area contributed by atoms with Crippen LogP contribution in [-0.4, -0.2) is 115 Å². The Morgan fingerprint density at radius 1 is 0.755 bits per heavy atom. The van der Waals surface area contributed by atoms with Crippen molar-refractivity contribution in [3.63, 3.8) is 0 Å². The molecule has 4 amide bonds. The molecule has 20 nitrogen and oxygen atoms in total. The van der Waals surface area contributed by atoms with E-state index in [1.54, 1.807) is 0 Å². The standard InChI is InChI=1S/C29H49N9O11/c1-15(39)35-18(5-7-23(31)41)27(46)36-19(6-8-24(32)42)28(47)37-20(11-17-13-33-14-34-17)22(40)10-16(4-2-3-9-30)26(45)38-21(29(48)49)12-25(43)44/h13-14,16,18-21,23-24,41-42H,2-12,30-32H2,1H3,(H,33,34)(H,35,39)(H,36,46)(H,37,47)(H,38,45)(H,43,44)(H,48,49)/t16-,18-,19+,20-,21-,23?,24?/m0/s1. The zero-order chi connectivity index (χ0) is 37.1. The first kappa shape index (κ1) is 42.5. The average Bonchev–Trinajstić information content (AvgIpc) is 3.52. The van der Waals surface area contributed by atoms with Gasteiger partial charge in [-0.3, -0.25) is 28.8 Å². The minimum absolute atomic E-state index is 0.0684. The number of imidazole rings is 1. The first-order valence-corrected chi connectivity index (χ1v) is 15.7. The lowest BCUT2D eigenvalue weighted by atomic mass is 9.90. The van der Waals surface area contributed by atoms with E-state index in [4.69, 9.17) is 22.3 Å². The molecule has 0 aliphatic carbocycles. The molecule has 0 aliphatic heterocycles. The van der Waals surface area contributed by atoms with Crippen molar-refractivity contribution in [2.45, 2.75) is 108 Å². The number of aliphatic hydroxyl groups excluding tert-OH is 2. The molecule has 1 aromatic heterocycles. The van der Waals surface area contributed by atoms with Crippen molar-refractivity contribution in [2.24, 2.45) is 23.1 Å². The largest absolute Gasteiger partial charge is 0.481 e. The first-order valence-electron chi connectivity index (χ1n) is 15.7. The van der Waals surface area contributed by atoms with Gasteiger partial charge in [0.2, 0.25) is 23.6 Å². The summed E-state index contributed by atoms with van der Waals surface area (Å²) < 4.78 is 0. The van der Waals surface area contributed by atoms with Gasteiger partial charge in [-0.05, 0) is 45.1 Å². The summed E-state index contributed by atoms with van der Waals surface area (Å²) in [6.45, 7) is 1.44. The van der Waals surface area contributed by atoms with E-state index in [9.17, 15) is 48.9 Å². The van der Waals surface area contributed by atoms with E-state index in [0.717, 1.165) is 6.92 Å². The number of nitrogens with two attached hydrogens (primary N) is 3. The lowest BCUT2D eigenvalue weighted by Gasteiger charge is -2.26. The second-order valence-corrected chi connectivity index (χ2v) is 11.6. The smallest absolute Gasteiger partial charge is 0.326 e. The van der Waals surface area contributed by atoms with Gasteiger partial charge in [0.15, 0.2) is 5.78 Å². The number of aliphatic carboxylic acids is 2. The van der Waals surface area contributed by atoms with E-state index in [0.29, 0.717) is 18.5 Å². The predicted octanol–water partition coefficient (Wildman–Crippen LogP) is -3.71. The van der Waals surface area contributed by atoms with Crippen LogP contribution >= 0.6 is 0 Å². The van der Waals surface area contributed by atoms with E-state index in [1.165, 1.54) is 12.5 Å². The van der Waals surface area contributed by atoms with Gasteiger partial charge in [0.1, 0.15) is 30.6 Å². The number of carboxylic acids is 2. The third kappa shape index (κ3) is 17.5. The minimum Gasteiger partial charge on any atom is -0.481 e. The fourth-order valence-corrected chi connectivity index (χ4v) is 4.77. The third-order valence-electron chi connectivity index (χ3n) is 7.33. The number of aromatic nitrogens is 2. The van der Waals surface area contributed by atoms with Crippen molar-refractivity contribution in [3.05, 3.63) is 18.2 Å². The number of unbranched alkanes of at least 4 members (excludes halogenated alkanes) is 1. The molecule has 0 spiro atoms. The number of H-pyrrole nitrogens is 1. The van der Waals surface area contributed by atoms with Crippen LogP contribution < -0.4 is 38.5 Å². The number of rotatable bonds is 25. The van der Waals surface area contributed by atoms with Gasteiger partial charge in [0.25, 0.3) is 0 Å². The number of aliphatic hydroxyl groups is 2. The molecule has 20 heteroatoms. The molecule has 0 bridgehead atoms. The summed E-state index contributed by atoms with van der Waals surface area (Å²) >= 11 is 0. The molecule has 0 aromatic carbocycles. The van der Waals surface area contributed by atoms with Gasteiger partial charge >= 0.3 is 11.9 Å². The highest BCUT2D eigenvalue weighted by Crippen LogP contribution is 2.17. The SMILES string of the molecule is CC(=O)N[C@@H](CCC(N)O)C(=O)N[C@H](CCC(N)O)C(=O)N[C@@H](Cc1cnc[nH]1)C(=O)C[C@H](CCCCN)C(=O)N[C@@H](CC(=O)O)C(=O)O. The van der Waals surface area contributed by atoms with Crippen LogP contribution in [0.1, 0.15) is 70.4 Å². The van der Waals surface area contributed by atoms with Crippen molar-refractivity contribution in [1.29, 1.82) is 0 Å². The molecule has 1 heterocycles. The minimum atomic E-state index is -1.76. The molecule has 7 atom stereocenters. The van der Waals surface area contributed by atoms with Crippen molar-refractivity contribution >= 4 is 41.4 Å². The van der Waals surface area contributed by atoms with Crippen LogP contribution in [0.15, 0.2) is 12.5 Å². The maximum atomic E-state index is 13.7. The zero-order valence-corrected chi connectivity index (χ0v) is 27.3. The fourth-order valence-electron chi connectivity index (χ4n) is 4.77. The molecular formula is C29H49N9O11. The highest BCUT2D eigenvalue weighted by molar-refractivity contribution is 5.96. The predicted molar refractivity (Wildman–Crippen MR) is 170 cm³/mol. The molecule has 276 valence electrons. The van der Waals surface area contributed by atoms with Gasteiger partial charge in [0.05, 0.1) is 18.8 Å². The Kier molecular flexibility index (Phi) is 19.3. The summed E-state index contributed by atoms with van der Waals surface area (Å²) in [5.41, 5.74) is 16.8. The second-order valence-electron chi connectivity index (χ2n) is 11.6. The molecule has 49 heavy (non-hydrogen) atoms. The number of hydrogen-bond donors (Lipinski definition) is 12. The van der Waals surface area contributed by atoms with Crippen LogP contribution in [0.2, 0.25) is 0 Å². The Bertz CT molecular complexity index is 1240. The molecule has 0 radical (unpaired) electrons. The molecule has 15 N–H and O–H groups in total. The number of carbonyl (C=O) groups excluding carboxylic acids is 5. The number of nitrogens with zero attached hydrogens (tertiary/aromatic N) is 1. The van der Waals surface area contributed by atoms with Crippen molar-refractivity contribution in [2.75, 3.05) is 6.54 Å². The van der Waals surface area contributed by atoms with Crippen molar-refractivity contribution < 1.29 is 54.0 Å². The summed E-state index contributed by atoms with van der Waals surface area (Å²) in [5, 5.41) is 47.2. The fraction of sp³-hybridized carbons (Fsp3) is 0.655. The molecular weight excluding hydrogens is 650 g/mol. The number of carbonyl (C=O) groups is 7. The highest BCUT2D eigenvalue weighted by atomic mass is 16.4. The van der Waals surface area contributed by atoms with Crippen LogP contribution in [0.25, 0.3) is 0 Å². The molecule has 1 rings (SSSR count). The molecule has 1 aromatic rings. The Balaban J connectivity index is 3.32. The average molecular weight is 700 g/mol. The molecule has 0 aliphatic rings.